The van der Waals surface area contributed by atoms with Crippen LogP contribution in [0.15, 0.2) is 53.9 Å². The number of Topliss-reactive ketones (excluding diaryl/α,β-unsaturated/α-hetero) is 1. The Kier molecular flexibility index (Phi) is 5.34. The molecule has 6 nitrogen and oxygen atoms in total. The molecule has 1 aliphatic heterocycles. The molecular weight excluding hydrogens is 372 g/mol. The minimum atomic E-state index is -0.0270. The van der Waals surface area contributed by atoms with Gasteiger partial charge in [0, 0.05) is 31.9 Å². The van der Waals surface area contributed by atoms with Gasteiger partial charge in [-0.1, -0.05) is 42.1 Å². The Labute approximate surface area is 168 Å². The summed E-state index contributed by atoms with van der Waals surface area (Å²) in [5, 5.41) is 0.788. The molecule has 3 heterocycles. The van der Waals surface area contributed by atoms with Crippen molar-refractivity contribution in [3.8, 4) is 11.3 Å². The summed E-state index contributed by atoms with van der Waals surface area (Å²) < 4.78 is 1.99. The van der Waals surface area contributed by atoms with Crippen molar-refractivity contribution in [2.24, 2.45) is 7.05 Å². The molecule has 0 aliphatic carbocycles. The third-order valence-electron chi connectivity index (χ3n) is 4.98. The van der Waals surface area contributed by atoms with E-state index in [4.69, 9.17) is 0 Å². The number of carbonyl (C=O) groups is 2. The molecule has 28 heavy (non-hydrogen) atoms. The molecule has 3 aromatic rings. The van der Waals surface area contributed by atoms with Gasteiger partial charge < -0.3 is 14.5 Å². The van der Waals surface area contributed by atoms with Crippen LogP contribution in [0.3, 0.4) is 0 Å². The van der Waals surface area contributed by atoms with Crippen LogP contribution in [0.25, 0.3) is 11.3 Å². The van der Waals surface area contributed by atoms with Crippen LogP contribution in [-0.4, -0.2) is 50.0 Å². The zero-order valence-corrected chi connectivity index (χ0v) is 16.5. The third kappa shape index (κ3) is 3.75. The Balaban J connectivity index is 1.40. The number of aromatic amines is 1. The molecule has 7 heteroatoms. The molecule has 1 aromatic carbocycles. The molecule has 4 rings (SSSR count). The number of nitrogens with one attached hydrogen (secondary N) is 1. The van der Waals surface area contributed by atoms with Gasteiger partial charge in [-0.2, -0.15) is 0 Å². The summed E-state index contributed by atoms with van der Waals surface area (Å²) in [4.78, 5) is 34.2. The zero-order chi connectivity index (χ0) is 19.5. The van der Waals surface area contributed by atoms with Gasteiger partial charge in [0.05, 0.1) is 17.6 Å². The van der Waals surface area contributed by atoms with Crippen LogP contribution in [0, 0.1) is 0 Å². The fourth-order valence-electron chi connectivity index (χ4n) is 3.39. The Morgan fingerprint density at radius 1 is 1.18 bits per heavy atom. The Morgan fingerprint density at radius 2 is 1.93 bits per heavy atom. The molecular formula is C21H22N4O2S. The smallest absolute Gasteiger partial charge is 0.270 e. The maximum atomic E-state index is 12.6. The molecule has 1 N–H and O–H groups in total. The van der Waals surface area contributed by atoms with Crippen molar-refractivity contribution in [3.05, 3.63) is 60.0 Å². The second kappa shape index (κ2) is 8.06. The highest BCUT2D eigenvalue weighted by Gasteiger charge is 2.22. The molecule has 2 aromatic heterocycles. The van der Waals surface area contributed by atoms with Crippen LogP contribution in [0.5, 0.6) is 0 Å². The molecule has 1 aliphatic rings. The number of likely N-dealkylation sites (tertiary alicyclic amines) is 1. The predicted octanol–water partition coefficient (Wildman–Crippen LogP) is 3.63. The predicted molar refractivity (Wildman–Crippen MR) is 110 cm³/mol. The van der Waals surface area contributed by atoms with Crippen LogP contribution in [0.4, 0.5) is 0 Å². The lowest BCUT2D eigenvalue weighted by molar-refractivity contribution is 0.0787. The van der Waals surface area contributed by atoms with Crippen molar-refractivity contribution >= 4 is 23.5 Å². The molecule has 1 amide bonds. The lowest BCUT2D eigenvalue weighted by atomic mass is 10.2. The maximum Gasteiger partial charge on any atom is 0.270 e. The first kappa shape index (κ1) is 18.6. The summed E-state index contributed by atoms with van der Waals surface area (Å²) in [6.45, 7) is 1.58. The number of rotatable bonds is 6. The van der Waals surface area contributed by atoms with E-state index in [1.165, 1.54) is 11.8 Å². The minimum Gasteiger partial charge on any atom is -0.356 e. The van der Waals surface area contributed by atoms with Crippen molar-refractivity contribution < 1.29 is 9.59 Å². The standard InChI is InChI=1S/C21H22N4O2S/c1-24-18(15-7-3-2-4-8-15)13-23-21(24)28-14-19(26)16-11-17(22-12-16)20(27)25-9-5-6-10-25/h2-4,7-8,11-13,22H,5-6,9-10,14H2,1H3. The molecule has 0 radical (unpaired) electrons. The first-order valence-corrected chi connectivity index (χ1v) is 10.3. The lowest BCUT2D eigenvalue weighted by Gasteiger charge is -2.13. The first-order chi connectivity index (χ1) is 13.6. The van der Waals surface area contributed by atoms with E-state index in [1.54, 1.807) is 12.3 Å². The topological polar surface area (TPSA) is 71.0 Å². The van der Waals surface area contributed by atoms with Gasteiger partial charge in [-0.15, -0.1) is 0 Å². The van der Waals surface area contributed by atoms with Crippen molar-refractivity contribution in [1.82, 2.24) is 19.4 Å². The second-order valence-electron chi connectivity index (χ2n) is 6.86. The summed E-state index contributed by atoms with van der Waals surface area (Å²) in [6.07, 6.45) is 5.54. The van der Waals surface area contributed by atoms with Crippen LogP contribution in [0.1, 0.15) is 33.7 Å². The van der Waals surface area contributed by atoms with Gasteiger partial charge in [0.15, 0.2) is 10.9 Å². The van der Waals surface area contributed by atoms with Gasteiger partial charge in [0.25, 0.3) is 5.91 Å². The number of thioether (sulfide) groups is 1. The molecule has 1 fully saturated rings. The number of nitrogens with zero attached hydrogens (tertiary/aromatic N) is 3. The lowest BCUT2D eigenvalue weighted by Crippen LogP contribution is -2.27. The monoisotopic (exact) mass is 394 g/mol. The average Bonchev–Trinajstić information content (AvgIpc) is 3.47. The summed E-state index contributed by atoms with van der Waals surface area (Å²) in [5.74, 6) is 0.223. The number of H-pyrrole nitrogens is 1. The van der Waals surface area contributed by atoms with Gasteiger partial charge in [-0.25, -0.2) is 4.98 Å². The van der Waals surface area contributed by atoms with Crippen molar-refractivity contribution in [3.63, 3.8) is 0 Å². The summed E-state index contributed by atoms with van der Waals surface area (Å²) in [5.41, 5.74) is 3.12. The first-order valence-electron chi connectivity index (χ1n) is 9.34. The van der Waals surface area contributed by atoms with Crippen molar-refractivity contribution in [2.75, 3.05) is 18.8 Å². The number of aromatic nitrogens is 3. The Morgan fingerprint density at radius 3 is 2.68 bits per heavy atom. The number of carbonyl (C=O) groups excluding carboxylic acids is 2. The van der Waals surface area contributed by atoms with E-state index in [1.807, 2.05) is 53.0 Å². The molecule has 0 saturated carbocycles. The van der Waals surface area contributed by atoms with E-state index in [-0.39, 0.29) is 17.4 Å². The quantitative estimate of drug-likeness (QED) is 0.512. The Bertz CT molecular complexity index is 987. The SMILES string of the molecule is Cn1c(-c2ccccc2)cnc1SCC(=O)c1c[nH]c(C(=O)N2CCCC2)c1. The summed E-state index contributed by atoms with van der Waals surface area (Å²) in [6, 6.07) is 11.7. The van der Waals surface area contributed by atoms with Crippen LogP contribution >= 0.6 is 11.8 Å². The maximum absolute atomic E-state index is 12.6. The number of benzene rings is 1. The molecule has 0 atom stereocenters. The number of imidazole rings is 1. The largest absolute Gasteiger partial charge is 0.356 e. The normalized spacial score (nSPS) is 13.8. The van der Waals surface area contributed by atoms with Gasteiger partial charge in [0.1, 0.15) is 5.69 Å². The molecule has 0 unspecified atom stereocenters. The summed E-state index contributed by atoms with van der Waals surface area (Å²) >= 11 is 1.40. The van der Waals surface area contributed by atoms with Crippen molar-refractivity contribution in [1.29, 1.82) is 0 Å². The number of hydrogen-bond donors (Lipinski definition) is 1. The number of hydrogen-bond acceptors (Lipinski definition) is 4. The second-order valence-corrected chi connectivity index (χ2v) is 7.81. The zero-order valence-electron chi connectivity index (χ0n) is 15.7. The number of ketones is 1. The van der Waals surface area contributed by atoms with Crippen LogP contribution in [-0.2, 0) is 7.05 Å². The van der Waals surface area contributed by atoms with E-state index in [2.05, 4.69) is 9.97 Å². The van der Waals surface area contributed by atoms with Gasteiger partial charge >= 0.3 is 0 Å². The fourth-order valence-corrected chi connectivity index (χ4v) is 4.23. The van der Waals surface area contributed by atoms with Crippen LogP contribution in [0.2, 0.25) is 0 Å². The van der Waals surface area contributed by atoms with Gasteiger partial charge in [0.2, 0.25) is 0 Å². The highest BCUT2D eigenvalue weighted by molar-refractivity contribution is 7.99. The third-order valence-corrected chi connectivity index (χ3v) is 6.02. The number of amides is 1. The highest BCUT2D eigenvalue weighted by Crippen LogP contribution is 2.25. The minimum absolute atomic E-state index is 0.0222. The van der Waals surface area contributed by atoms with Crippen LogP contribution < -0.4 is 0 Å². The highest BCUT2D eigenvalue weighted by atomic mass is 32.2. The van der Waals surface area contributed by atoms with Crippen molar-refractivity contribution in [2.45, 2.75) is 18.0 Å². The van der Waals surface area contributed by atoms with E-state index < -0.39 is 0 Å². The molecule has 0 spiro atoms. The molecule has 1 saturated heterocycles. The fraction of sp³-hybridized carbons (Fsp3) is 0.286. The van der Waals surface area contributed by atoms with E-state index in [0.717, 1.165) is 42.3 Å². The van der Waals surface area contributed by atoms with E-state index >= 15 is 0 Å². The molecule has 144 valence electrons. The molecule has 0 bridgehead atoms. The van der Waals surface area contributed by atoms with E-state index in [0.29, 0.717) is 11.3 Å². The van der Waals surface area contributed by atoms with Gasteiger partial charge in [-0.05, 0) is 24.5 Å². The summed E-state index contributed by atoms with van der Waals surface area (Å²) in [7, 11) is 1.95. The van der Waals surface area contributed by atoms with E-state index in [9.17, 15) is 9.59 Å². The Hall–Kier alpha value is -2.80. The average molecular weight is 395 g/mol. The van der Waals surface area contributed by atoms with Gasteiger partial charge in [-0.3, -0.25) is 9.59 Å².